The molecular weight excluding hydrogens is 206 g/mol. The summed E-state index contributed by atoms with van der Waals surface area (Å²) in [5, 5.41) is 3.12. The Morgan fingerprint density at radius 2 is 2.31 bits per heavy atom. The van der Waals surface area contributed by atoms with Crippen molar-refractivity contribution in [2.75, 3.05) is 6.54 Å². The zero-order valence-electron chi connectivity index (χ0n) is 8.45. The molecule has 2 heterocycles. The van der Waals surface area contributed by atoms with E-state index in [2.05, 4.69) is 21.2 Å². The Labute approximate surface area is 91.9 Å². The van der Waals surface area contributed by atoms with Crippen LogP contribution in [0, 0.1) is 0 Å². The Bertz CT molecular complexity index is 496. The van der Waals surface area contributed by atoms with Gasteiger partial charge in [0.15, 0.2) is 0 Å². The molecule has 6 nitrogen and oxygen atoms in total. The van der Waals surface area contributed by atoms with E-state index in [4.69, 9.17) is 5.73 Å². The number of hydrazine groups is 1. The predicted molar refractivity (Wildman–Crippen MR) is 59.1 cm³/mol. The predicted octanol–water partition coefficient (Wildman–Crippen LogP) is -0.475. The van der Waals surface area contributed by atoms with Crippen LogP contribution in [0.4, 0.5) is 5.69 Å². The zero-order chi connectivity index (χ0) is 11.1. The van der Waals surface area contributed by atoms with Crippen LogP contribution in [0.25, 0.3) is 0 Å². The largest absolute Gasteiger partial charge is 0.352 e. The van der Waals surface area contributed by atoms with E-state index in [1.165, 1.54) is 0 Å². The molecule has 2 aliphatic rings. The van der Waals surface area contributed by atoms with E-state index in [0.29, 0.717) is 17.9 Å². The van der Waals surface area contributed by atoms with Gasteiger partial charge in [0.05, 0.1) is 12.2 Å². The maximum atomic E-state index is 11.6. The third-order valence-corrected chi connectivity index (χ3v) is 2.71. The van der Waals surface area contributed by atoms with Gasteiger partial charge in [-0.3, -0.25) is 10.2 Å². The lowest BCUT2D eigenvalue weighted by molar-refractivity contribution is 0.0904. The topological polar surface area (TPSA) is 91.5 Å². The van der Waals surface area contributed by atoms with Gasteiger partial charge >= 0.3 is 0 Å². The van der Waals surface area contributed by atoms with Crippen LogP contribution in [0.3, 0.4) is 0 Å². The summed E-state index contributed by atoms with van der Waals surface area (Å²) < 4.78 is 0. The molecule has 0 spiro atoms. The Balaban J connectivity index is 2.21. The number of carbonyl (C=O) groups excluding carboxylic acids is 1. The molecule has 1 atom stereocenters. The van der Waals surface area contributed by atoms with Crippen molar-refractivity contribution in [2.45, 2.75) is 6.17 Å². The fourth-order valence-electron chi connectivity index (χ4n) is 1.99. The second-order valence-corrected chi connectivity index (χ2v) is 3.68. The van der Waals surface area contributed by atoms with E-state index < -0.39 is 0 Å². The van der Waals surface area contributed by atoms with Crippen LogP contribution >= 0.6 is 0 Å². The molecule has 0 saturated carbocycles. The van der Waals surface area contributed by atoms with Gasteiger partial charge in [0.25, 0.3) is 5.91 Å². The minimum absolute atomic E-state index is 0.138. The third-order valence-electron chi connectivity index (χ3n) is 2.71. The molecule has 0 aliphatic carbocycles. The van der Waals surface area contributed by atoms with Crippen molar-refractivity contribution in [1.29, 1.82) is 0 Å². The van der Waals surface area contributed by atoms with E-state index in [9.17, 15) is 4.79 Å². The first-order valence-electron chi connectivity index (χ1n) is 5.02. The SMILES string of the molecule is NCC1=Nc2cccc3c2C(NNC3=O)N1. The number of nitrogens with two attached hydrogens (primary N) is 1. The number of aliphatic imine (C=N–C) groups is 1. The van der Waals surface area contributed by atoms with E-state index in [0.717, 1.165) is 11.3 Å². The van der Waals surface area contributed by atoms with E-state index in [-0.39, 0.29) is 12.1 Å². The second-order valence-electron chi connectivity index (χ2n) is 3.68. The van der Waals surface area contributed by atoms with Crippen LogP contribution in [0.15, 0.2) is 23.2 Å². The van der Waals surface area contributed by atoms with Crippen LogP contribution < -0.4 is 21.9 Å². The molecule has 2 aliphatic heterocycles. The van der Waals surface area contributed by atoms with Crippen LogP contribution in [0.5, 0.6) is 0 Å². The van der Waals surface area contributed by atoms with Crippen molar-refractivity contribution in [3.8, 4) is 0 Å². The van der Waals surface area contributed by atoms with E-state index >= 15 is 0 Å². The third kappa shape index (κ3) is 1.21. The van der Waals surface area contributed by atoms with Gasteiger partial charge in [-0.05, 0) is 12.1 Å². The lowest BCUT2D eigenvalue weighted by Crippen LogP contribution is -2.53. The number of amides is 1. The van der Waals surface area contributed by atoms with Gasteiger partial charge in [0.1, 0.15) is 12.0 Å². The maximum absolute atomic E-state index is 11.6. The van der Waals surface area contributed by atoms with Crippen molar-refractivity contribution in [3.05, 3.63) is 29.3 Å². The number of hydrogen-bond donors (Lipinski definition) is 4. The molecule has 3 rings (SSSR count). The van der Waals surface area contributed by atoms with Crippen LogP contribution in [-0.4, -0.2) is 18.3 Å². The summed E-state index contributed by atoms with van der Waals surface area (Å²) in [5.74, 6) is 0.569. The van der Waals surface area contributed by atoms with Gasteiger partial charge in [-0.15, -0.1) is 0 Å². The highest BCUT2D eigenvalue weighted by atomic mass is 16.2. The molecule has 6 heteroatoms. The van der Waals surface area contributed by atoms with Gasteiger partial charge in [0, 0.05) is 11.1 Å². The molecule has 0 radical (unpaired) electrons. The number of hydrogen-bond acceptors (Lipinski definition) is 5. The molecule has 0 fully saturated rings. The Kier molecular flexibility index (Phi) is 1.92. The van der Waals surface area contributed by atoms with Crippen LogP contribution in [0.1, 0.15) is 22.1 Å². The average molecular weight is 217 g/mol. The molecule has 0 aromatic heterocycles. The Morgan fingerprint density at radius 1 is 1.44 bits per heavy atom. The summed E-state index contributed by atoms with van der Waals surface area (Å²) >= 11 is 0. The summed E-state index contributed by atoms with van der Waals surface area (Å²) in [7, 11) is 0. The lowest BCUT2D eigenvalue weighted by atomic mass is 9.99. The van der Waals surface area contributed by atoms with E-state index in [1.807, 2.05) is 12.1 Å². The van der Waals surface area contributed by atoms with Gasteiger partial charge < -0.3 is 11.1 Å². The molecular formula is C10H11N5O. The number of nitrogens with zero attached hydrogens (tertiary/aromatic N) is 1. The maximum Gasteiger partial charge on any atom is 0.265 e. The zero-order valence-corrected chi connectivity index (χ0v) is 8.45. The van der Waals surface area contributed by atoms with Crippen LogP contribution in [-0.2, 0) is 0 Å². The molecule has 1 aromatic rings. The summed E-state index contributed by atoms with van der Waals surface area (Å²) in [6, 6.07) is 5.48. The first-order valence-corrected chi connectivity index (χ1v) is 5.02. The number of benzene rings is 1. The van der Waals surface area contributed by atoms with Gasteiger partial charge in [-0.2, -0.15) is 0 Å². The quantitative estimate of drug-likeness (QED) is 0.511. The van der Waals surface area contributed by atoms with Crippen molar-refractivity contribution in [3.63, 3.8) is 0 Å². The molecule has 1 unspecified atom stereocenters. The molecule has 82 valence electrons. The fourth-order valence-corrected chi connectivity index (χ4v) is 1.99. The lowest BCUT2D eigenvalue weighted by Gasteiger charge is -2.32. The minimum atomic E-state index is -0.153. The second kappa shape index (κ2) is 3.29. The smallest absolute Gasteiger partial charge is 0.265 e. The van der Waals surface area contributed by atoms with Gasteiger partial charge in [-0.1, -0.05) is 6.07 Å². The highest BCUT2D eigenvalue weighted by Crippen LogP contribution is 2.32. The summed E-state index contributed by atoms with van der Waals surface area (Å²) in [6.45, 7) is 0.343. The van der Waals surface area contributed by atoms with Crippen molar-refractivity contribution >= 4 is 17.4 Å². The fraction of sp³-hybridized carbons (Fsp3) is 0.200. The summed E-state index contributed by atoms with van der Waals surface area (Å²) in [6.07, 6.45) is -0.153. The summed E-state index contributed by atoms with van der Waals surface area (Å²) in [5.41, 5.74) is 13.4. The van der Waals surface area contributed by atoms with Crippen molar-refractivity contribution in [2.24, 2.45) is 10.7 Å². The van der Waals surface area contributed by atoms with Gasteiger partial charge in [-0.25, -0.2) is 10.4 Å². The average Bonchev–Trinajstić information content (AvgIpc) is 2.33. The first-order chi connectivity index (χ1) is 7.79. The number of nitrogens with one attached hydrogen (secondary N) is 3. The molecule has 0 saturated heterocycles. The minimum Gasteiger partial charge on any atom is -0.352 e. The normalized spacial score (nSPS) is 21.7. The monoisotopic (exact) mass is 217 g/mol. The number of rotatable bonds is 1. The number of amidine groups is 1. The molecule has 1 amide bonds. The molecule has 1 aromatic carbocycles. The molecule has 0 bridgehead atoms. The number of carbonyl (C=O) groups is 1. The molecule has 5 N–H and O–H groups in total. The Hall–Kier alpha value is -1.92. The Morgan fingerprint density at radius 3 is 3.12 bits per heavy atom. The van der Waals surface area contributed by atoms with Crippen molar-refractivity contribution in [1.82, 2.24) is 16.2 Å². The summed E-state index contributed by atoms with van der Waals surface area (Å²) in [4.78, 5) is 16.0. The standard InChI is InChI=1S/C10H11N5O/c11-4-7-12-6-3-1-2-5-8(6)9(13-7)14-15-10(5)16/h1-3,9,14H,4,11H2,(H,12,13)(H,15,16). The van der Waals surface area contributed by atoms with Crippen molar-refractivity contribution < 1.29 is 4.79 Å². The first kappa shape index (κ1) is 9.32. The highest BCUT2D eigenvalue weighted by Gasteiger charge is 2.30. The van der Waals surface area contributed by atoms with Crippen LogP contribution in [0.2, 0.25) is 0 Å². The van der Waals surface area contributed by atoms with Gasteiger partial charge in [0.2, 0.25) is 0 Å². The molecule has 16 heavy (non-hydrogen) atoms. The highest BCUT2D eigenvalue weighted by molar-refractivity contribution is 6.00. The van der Waals surface area contributed by atoms with E-state index in [1.54, 1.807) is 6.07 Å².